The number of carbonyl (C=O) groups is 1. The summed E-state index contributed by atoms with van der Waals surface area (Å²) in [6, 6.07) is 14.6. The van der Waals surface area contributed by atoms with E-state index in [2.05, 4.69) is 20.8 Å². The second-order valence-corrected chi connectivity index (χ2v) is 7.13. The minimum absolute atomic E-state index is 0.155. The first-order valence-corrected chi connectivity index (χ1v) is 9.41. The van der Waals surface area contributed by atoms with E-state index in [-0.39, 0.29) is 12.3 Å². The lowest BCUT2D eigenvalue weighted by molar-refractivity contribution is -0.115. The maximum absolute atomic E-state index is 12.1. The molecule has 0 saturated carbocycles. The summed E-state index contributed by atoms with van der Waals surface area (Å²) < 4.78 is 1.64. The first kappa shape index (κ1) is 18.9. The lowest BCUT2D eigenvalue weighted by Crippen LogP contribution is -2.12. The van der Waals surface area contributed by atoms with Crippen molar-refractivity contribution in [3.8, 4) is 11.8 Å². The lowest BCUT2D eigenvalue weighted by atomic mass is 10.2. The number of thioether (sulfide) groups is 1. The smallest absolute Gasteiger partial charge is 0.225 e. The van der Waals surface area contributed by atoms with Gasteiger partial charge in [0.05, 0.1) is 16.3 Å². The third-order valence-electron chi connectivity index (χ3n) is 3.65. The van der Waals surface area contributed by atoms with Gasteiger partial charge < -0.3 is 5.32 Å². The van der Waals surface area contributed by atoms with Crippen molar-refractivity contribution < 1.29 is 4.79 Å². The van der Waals surface area contributed by atoms with Gasteiger partial charge in [0, 0.05) is 17.9 Å². The van der Waals surface area contributed by atoms with Gasteiger partial charge in [0.1, 0.15) is 6.07 Å². The molecule has 0 aliphatic carbocycles. The van der Waals surface area contributed by atoms with E-state index < -0.39 is 0 Å². The number of nitriles is 1. The number of aromatic nitrogens is 4. The summed E-state index contributed by atoms with van der Waals surface area (Å²) in [5.41, 5.74) is 2.94. The number of aryl methyl sites for hydroxylation is 1. The zero-order valence-electron chi connectivity index (χ0n) is 14.4. The van der Waals surface area contributed by atoms with Gasteiger partial charge in [-0.25, -0.2) is 0 Å². The molecule has 1 heterocycles. The Morgan fingerprint density at radius 3 is 2.78 bits per heavy atom. The summed E-state index contributed by atoms with van der Waals surface area (Å²) in [5, 5.41) is 24.3. The van der Waals surface area contributed by atoms with Crippen molar-refractivity contribution >= 4 is 35.0 Å². The first-order valence-electron chi connectivity index (χ1n) is 8.04. The number of tetrazole rings is 1. The molecule has 0 atom stereocenters. The number of anilines is 1. The number of carbonyl (C=O) groups excluding carboxylic acids is 1. The fourth-order valence-corrected chi connectivity index (χ4v) is 3.31. The highest BCUT2D eigenvalue weighted by Crippen LogP contribution is 2.22. The van der Waals surface area contributed by atoms with Crippen LogP contribution in [-0.2, 0) is 4.79 Å². The van der Waals surface area contributed by atoms with E-state index in [1.807, 2.05) is 37.3 Å². The average molecular weight is 399 g/mol. The summed E-state index contributed by atoms with van der Waals surface area (Å²) in [4.78, 5) is 12.1. The number of nitrogens with one attached hydrogen (secondary N) is 1. The van der Waals surface area contributed by atoms with Crippen LogP contribution < -0.4 is 5.32 Å². The summed E-state index contributed by atoms with van der Waals surface area (Å²) in [6.07, 6.45) is 0.281. The van der Waals surface area contributed by atoms with E-state index in [0.717, 1.165) is 11.3 Å². The minimum Gasteiger partial charge on any atom is -0.326 e. The van der Waals surface area contributed by atoms with Gasteiger partial charge in [-0.2, -0.15) is 9.94 Å². The highest BCUT2D eigenvalue weighted by atomic mass is 35.5. The van der Waals surface area contributed by atoms with Crippen LogP contribution in [0.25, 0.3) is 5.69 Å². The second-order valence-electron chi connectivity index (χ2n) is 5.66. The molecule has 0 unspecified atom stereocenters. The van der Waals surface area contributed by atoms with Gasteiger partial charge in [0.25, 0.3) is 0 Å². The number of benzene rings is 2. The first-order chi connectivity index (χ1) is 13.1. The van der Waals surface area contributed by atoms with Crippen molar-refractivity contribution in [2.45, 2.75) is 18.5 Å². The number of halogens is 1. The van der Waals surface area contributed by atoms with Gasteiger partial charge in [0.2, 0.25) is 11.1 Å². The molecule has 136 valence electrons. The second kappa shape index (κ2) is 8.66. The molecule has 3 rings (SSSR count). The van der Waals surface area contributed by atoms with Gasteiger partial charge in [-0.1, -0.05) is 41.1 Å². The van der Waals surface area contributed by atoms with Crippen LogP contribution in [0.2, 0.25) is 5.02 Å². The largest absolute Gasteiger partial charge is 0.326 e. The molecular formula is C18H15ClN6OS. The standard InChI is InChI=1S/C18H15ClN6OS/c1-12-2-6-15(7-3-12)25-18(22-23-24-25)27-9-8-17(26)21-14-5-4-13(11-20)16(19)10-14/h2-7,10H,8-9H2,1H3,(H,21,26). The Kier molecular flexibility index (Phi) is 6.06. The van der Waals surface area contributed by atoms with Crippen molar-refractivity contribution in [3.63, 3.8) is 0 Å². The molecular weight excluding hydrogens is 384 g/mol. The summed E-state index contributed by atoms with van der Waals surface area (Å²) in [5.74, 6) is 0.361. The van der Waals surface area contributed by atoms with E-state index >= 15 is 0 Å². The fourth-order valence-electron chi connectivity index (χ4n) is 2.26. The Hall–Kier alpha value is -2.89. The zero-order chi connectivity index (χ0) is 19.2. The van der Waals surface area contributed by atoms with Crippen molar-refractivity contribution in [2.24, 2.45) is 0 Å². The molecule has 7 nitrogen and oxygen atoms in total. The highest BCUT2D eigenvalue weighted by molar-refractivity contribution is 7.99. The number of nitrogens with zero attached hydrogens (tertiary/aromatic N) is 5. The molecule has 0 spiro atoms. The lowest BCUT2D eigenvalue weighted by Gasteiger charge is -2.07. The molecule has 1 amide bonds. The van der Waals surface area contributed by atoms with Crippen LogP contribution in [0.1, 0.15) is 17.5 Å². The minimum atomic E-state index is -0.155. The van der Waals surface area contributed by atoms with Crippen LogP contribution in [-0.4, -0.2) is 31.9 Å². The summed E-state index contributed by atoms with van der Waals surface area (Å²) in [6.45, 7) is 2.01. The van der Waals surface area contributed by atoms with Crippen molar-refractivity contribution in [2.75, 3.05) is 11.1 Å². The third-order valence-corrected chi connectivity index (χ3v) is 4.89. The fraction of sp³-hybridized carbons (Fsp3) is 0.167. The Balaban J connectivity index is 1.55. The predicted molar refractivity (Wildman–Crippen MR) is 104 cm³/mol. The maximum Gasteiger partial charge on any atom is 0.225 e. The molecule has 1 N–H and O–H groups in total. The Bertz CT molecular complexity index is 996. The Morgan fingerprint density at radius 2 is 2.07 bits per heavy atom. The number of rotatable bonds is 6. The molecule has 0 aliphatic rings. The van der Waals surface area contributed by atoms with Gasteiger partial charge in [-0.15, -0.1) is 5.10 Å². The quantitative estimate of drug-likeness (QED) is 0.637. The Morgan fingerprint density at radius 1 is 1.30 bits per heavy atom. The molecule has 2 aromatic carbocycles. The molecule has 0 bridgehead atoms. The Labute approximate surface area is 165 Å². The zero-order valence-corrected chi connectivity index (χ0v) is 16.0. The summed E-state index contributed by atoms with van der Waals surface area (Å²) >= 11 is 7.37. The van der Waals surface area contributed by atoms with E-state index in [4.69, 9.17) is 16.9 Å². The normalized spacial score (nSPS) is 10.4. The third kappa shape index (κ3) is 4.84. The molecule has 0 fully saturated rings. The average Bonchev–Trinajstić information content (AvgIpc) is 3.11. The van der Waals surface area contributed by atoms with Gasteiger partial charge in [0.15, 0.2) is 0 Å². The van der Waals surface area contributed by atoms with Crippen LogP contribution >= 0.6 is 23.4 Å². The van der Waals surface area contributed by atoms with Crippen LogP contribution in [0.5, 0.6) is 0 Å². The van der Waals surface area contributed by atoms with E-state index in [9.17, 15) is 4.79 Å². The van der Waals surface area contributed by atoms with Crippen LogP contribution in [0.4, 0.5) is 5.69 Å². The number of hydrogen-bond donors (Lipinski definition) is 1. The van der Waals surface area contributed by atoms with Crippen LogP contribution in [0.3, 0.4) is 0 Å². The number of hydrogen-bond acceptors (Lipinski definition) is 6. The van der Waals surface area contributed by atoms with Gasteiger partial charge >= 0.3 is 0 Å². The maximum atomic E-state index is 12.1. The van der Waals surface area contributed by atoms with E-state index in [1.165, 1.54) is 11.8 Å². The summed E-state index contributed by atoms with van der Waals surface area (Å²) in [7, 11) is 0. The number of amides is 1. The molecule has 27 heavy (non-hydrogen) atoms. The van der Waals surface area contributed by atoms with Crippen LogP contribution in [0, 0.1) is 18.3 Å². The SMILES string of the molecule is Cc1ccc(-n2nnnc2SCCC(=O)Nc2ccc(C#N)c(Cl)c2)cc1. The van der Waals surface area contributed by atoms with Crippen molar-refractivity contribution in [1.82, 2.24) is 20.2 Å². The van der Waals surface area contributed by atoms with Crippen LogP contribution in [0.15, 0.2) is 47.6 Å². The van der Waals surface area contributed by atoms with Crippen molar-refractivity contribution in [1.29, 1.82) is 5.26 Å². The highest BCUT2D eigenvalue weighted by Gasteiger charge is 2.11. The molecule has 0 radical (unpaired) electrons. The topological polar surface area (TPSA) is 96.5 Å². The molecule has 1 aromatic heterocycles. The van der Waals surface area contributed by atoms with Gasteiger partial charge in [-0.3, -0.25) is 4.79 Å². The molecule has 0 saturated heterocycles. The molecule has 3 aromatic rings. The van der Waals surface area contributed by atoms with E-state index in [1.54, 1.807) is 22.9 Å². The van der Waals surface area contributed by atoms with Crippen molar-refractivity contribution in [3.05, 3.63) is 58.6 Å². The van der Waals surface area contributed by atoms with E-state index in [0.29, 0.717) is 27.2 Å². The predicted octanol–water partition coefficient (Wildman–Crippen LogP) is 3.62. The monoisotopic (exact) mass is 398 g/mol. The molecule has 0 aliphatic heterocycles. The molecule has 9 heteroatoms. The van der Waals surface area contributed by atoms with Gasteiger partial charge in [-0.05, 0) is 47.7 Å².